The van der Waals surface area contributed by atoms with E-state index in [9.17, 15) is 4.79 Å². The standard InChI is InChI=1S/C16H24N2O4/c1-13-11-18(6-7-22-13)16(19)17-15-5-3-4-14(10-15)12-21-9-8-20-2/h3-5,10,13H,6-9,11-12H2,1-2H3,(H,17,19)/t13-/m1/s1. The maximum Gasteiger partial charge on any atom is 0.322 e. The number of urea groups is 1. The van der Waals surface area contributed by atoms with E-state index in [0.717, 1.165) is 11.3 Å². The molecule has 1 N–H and O–H groups in total. The summed E-state index contributed by atoms with van der Waals surface area (Å²) in [6.45, 7) is 5.42. The predicted molar refractivity (Wildman–Crippen MR) is 84.0 cm³/mol. The molecule has 2 rings (SSSR count). The molecule has 1 aromatic rings. The van der Waals surface area contributed by atoms with Crippen molar-refractivity contribution in [3.63, 3.8) is 0 Å². The van der Waals surface area contributed by atoms with Crippen molar-refractivity contribution in [1.82, 2.24) is 4.90 Å². The van der Waals surface area contributed by atoms with Gasteiger partial charge in [-0.25, -0.2) is 4.79 Å². The molecule has 1 saturated heterocycles. The van der Waals surface area contributed by atoms with Crippen LogP contribution in [0, 0.1) is 0 Å². The zero-order valence-electron chi connectivity index (χ0n) is 13.2. The number of carbonyl (C=O) groups is 1. The second-order valence-corrected chi connectivity index (χ2v) is 5.30. The van der Waals surface area contributed by atoms with Crippen LogP contribution >= 0.6 is 0 Å². The second-order valence-electron chi connectivity index (χ2n) is 5.30. The summed E-state index contributed by atoms with van der Waals surface area (Å²) in [6, 6.07) is 7.59. The second kappa shape index (κ2) is 8.73. The zero-order valence-corrected chi connectivity index (χ0v) is 13.2. The molecule has 1 aromatic carbocycles. The van der Waals surface area contributed by atoms with Crippen LogP contribution in [0.3, 0.4) is 0 Å². The molecule has 1 aliphatic heterocycles. The van der Waals surface area contributed by atoms with Crippen LogP contribution in [0.15, 0.2) is 24.3 Å². The Kier molecular flexibility index (Phi) is 6.64. The van der Waals surface area contributed by atoms with E-state index in [0.29, 0.717) is 39.5 Å². The van der Waals surface area contributed by atoms with E-state index in [1.807, 2.05) is 31.2 Å². The fourth-order valence-corrected chi connectivity index (χ4v) is 2.28. The molecule has 122 valence electrons. The van der Waals surface area contributed by atoms with Crippen LogP contribution in [0.25, 0.3) is 0 Å². The molecule has 22 heavy (non-hydrogen) atoms. The molecule has 1 heterocycles. The third-order valence-corrected chi connectivity index (χ3v) is 3.41. The van der Waals surface area contributed by atoms with Crippen LogP contribution in [-0.2, 0) is 20.8 Å². The first-order chi connectivity index (χ1) is 10.7. The topological polar surface area (TPSA) is 60.0 Å². The first kappa shape index (κ1) is 16.7. The molecule has 0 spiro atoms. The number of rotatable bonds is 6. The molecule has 1 fully saturated rings. The highest BCUT2D eigenvalue weighted by atomic mass is 16.5. The summed E-state index contributed by atoms with van der Waals surface area (Å²) in [7, 11) is 1.64. The predicted octanol–water partition coefficient (Wildman–Crippen LogP) is 2.10. The van der Waals surface area contributed by atoms with Crippen LogP contribution in [-0.4, -0.2) is 57.1 Å². The molecule has 0 unspecified atom stereocenters. The quantitative estimate of drug-likeness (QED) is 0.818. The lowest BCUT2D eigenvalue weighted by Gasteiger charge is -2.31. The summed E-state index contributed by atoms with van der Waals surface area (Å²) in [5.74, 6) is 0. The summed E-state index contributed by atoms with van der Waals surface area (Å²) in [5, 5.41) is 2.93. The SMILES string of the molecule is COCCOCc1cccc(NC(=O)N2CCO[C@H](C)C2)c1. The van der Waals surface area contributed by atoms with E-state index in [2.05, 4.69) is 5.32 Å². The molecular formula is C16H24N2O4. The molecule has 2 amide bonds. The largest absolute Gasteiger partial charge is 0.382 e. The van der Waals surface area contributed by atoms with Crippen molar-refractivity contribution >= 4 is 11.7 Å². The number of morpholine rings is 1. The minimum absolute atomic E-state index is 0.0834. The number of hydrogen-bond acceptors (Lipinski definition) is 4. The Hall–Kier alpha value is -1.63. The van der Waals surface area contributed by atoms with Gasteiger partial charge in [0.1, 0.15) is 0 Å². The maximum absolute atomic E-state index is 12.2. The smallest absolute Gasteiger partial charge is 0.322 e. The summed E-state index contributed by atoms with van der Waals surface area (Å²) in [6.07, 6.45) is 0.0834. The fourth-order valence-electron chi connectivity index (χ4n) is 2.28. The number of benzene rings is 1. The van der Waals surface area contributed by atoms with Gasteiger partial charge in [-0.3, -0.25) is 0 Å². The van der Waals surface area contributed by atoms with Gasteiger partial charge >= 0.3 is 6.03 Å². The van der Waals surface area contributed by atoms with Crippen LogP contribution in [0.5, 0.6) is 0 Å². The maximum atomic E-state index is 12.2. The number of methoxy groups -OCH3 is 1. The lowest BCUT2D eigenvalue weighted by atomic mass is 10.2. The average molecular weight is 308 g/mol. The summed E-state index contributed by atoms with van der Waals surface area (Å²) in [5.41, 5.74) is 1.79. The van der Waals surface area contributed by atoms with E-state index in [1.54, 1.807) is 12.0 Å². The van der Waals surface area contributed by atoms with Crippen LogP contribution in [0.4, 0.5) is 10.5 Å². The molecule has 0 radical (unpaired) electrons. The summed E-state index contributed by atoms with van der Waals surface area (Å²) < 4.78 is 15.9. The Labute approximate surface area is 131 Å². The van der Waals surface area contributed by atoms with Gasteiger partial charge in [0, 0.05) is 25.9 Å². The molecule has 6 heteroatoms. The van der Waals surface area contributed by atoms with Gasteiger partial charge in [0.2, 0.25) is 0 Å². The Morgan fingerprint density at radius 2 is 2.32 bits per heavy atom. The molecular weight excluding hydrogens is 284 g/mol. The first-order valence-electron chi connectivity index (χ1n) is 7.52. The molecule has 6 nitrogen and oxygen atoms in total. The number of anilines is 1. The van der Waals surface area contributed by atoms with Crippen molar-refractivity contribution < 1.29 is 19.0 Å². The molecule has 0 saturated carbocycles. The van der Waals surface area contributed by atoms with Gasteiger partial charge in [0.05, 0.1) is 32.5 Å². The highest BCUT2D eigenvalue weighted by Crippen LogP contribution is 2.13. The monoisotopic (exact) mass is 308 g/mol. The van der Waals surface area contributed by atoms with Gasteiger partial charge in [-0.2, -0.15) is 0 Å². The fraction of sp³-hybridized carbons (Fsp3) is 0.562. The van der Waals surface area contributed by atoms with E-state index in [-0.39, 0.29) is 12.1 Å². The van der Waals surface area contributed by atoms with Gasteiger partial charge < -0.3 is 24.4 Å². The first-order valence-corrected chi connectivity index (χ1v) is 7.52. The minimum Gasteiger partial charge on any atom is -0.382 e. The highest BCUT2D eigenvalue weighted by Gasteiger charge is 2.21. The summed E-state index contributed by atoms with van der Waals surface area (Å²) in [4.78, 5) is 14.0. The van der Waals surface area contributed by atoms with Crippen LogP contribution in [0.2, 0.25) is 0 Å². The summed E-state index contributed by atoms with van der Waals surface area (Å²) >= 11 is 0. The van der Waals surface area contributed by atoms with E-state index < -0.39 is 0 Å². The van der Waals surface area contributed by atoms with Crippen molar-refractivity contribution in [3.8, 4) is 0 Å². The Bertz CT molecular complexity index is 481. The normalized spacial score (nSPS) is 18.3. The minimum atomic E-state index is -0.0902. The van der Waals surface area contributed by atoms with Crippen molar-refractivity contribution in [2.24, 2.45) is 0 Å². The lowest BCUT2D eigenvalue weighted by Crippen LogP contribution is -2.46. The third-order valence-electron chi connectivity index (χ3n) is 3.41. The van der Waals surface area contributed by atoms with Crippen molar-refractivity contribution in [2.45, 2.75) is 19.6 Å². The lowest BCUT2D eigenvalue weighted by molar-refractivity contribution is -0.00138. The zero-order chi connectivity index (χ0) is 15.8. The van der Waals surface area contributed by atoms with Gasteiger partial charge in [0.25, 0.3) is 0 Å². The molecule has 0 aromatic heterocycles. The van der Waals surface area contributed by atoms with Gasteiger partial charge in [-0.1, -0.05) is 12.1 Å². The Balaban J connectivity index is 1.85. The van der Waals surface area contributed by atoms with Crippen molar-refractivity contribution in [1.29, 1.82) is 0 Å². The number of ether oxygens (including phenoxy) is 3. The number of carbonyl (C=O) groups excluding carboxylic acids is 1. The Morgan fingerprint density at radius 3 is 3.09 bits per heavy atom. The molecule has 1 aliphatic rings. The number of nitrogens with zero attached hydrogens (tertiary/aromatic N) is 1. The van der Waals surface area contributed by atoms with Crippen LogP contribution < -0.4 is 5.32 Å². The van der Waals surface area contributed by atoms with Crippen molar-refractivity contribution in [2.75, 3.05) is 45.3 Å². The van der Waals surface area contributed by atoms with E-state index in [1.165, 1.54) is 0 Å². The molecule has 1 atom stereocenters. The van der Waals surface area contributed by atoms with E-state index >= 15 is 0 Å². The van der Waals surface area contributed by atoms with Crippen LogP contribution in [0.1, 0.15) is 12.5 Å². The van der Waals surface area contributed by atoms with Crippen molar-refractivity contribution in [3.05, 3.63) is 29.8 Å². The molecule has 0 aliphatic carbocycles. The van der Waals surface area contributed by atoms with Gasteiger partial charge in [0.15, 0.2) is 0 Å². The van der Waals surface area contributed by atoms with E-state index in [4.69, 9.17) is 14.2 Å². The van der Waals surface area contributed by atoms with Gasteiger partial charge in [-0.15, -0.1) is 0 Å². The average Bonchev–Trinajstić information content (AvgIpc) is 2.52. The third kappa shape index (κ3) is 5.29. The Morgan fingerprint density at radius 1 is 1.45 bits per heavy atom. The number of amides is 2. The highest BCUT2D eigenvalue weighted by molar-refractivity contribution is 5.89. The number of hydrogen-bond donors (Lipinski definition) is 1. The number of nitrogens with one attached hydrogen (secondary N) is 1. The van der Waals surface area contributed by atoms with Gasteiger partial charge in [-0.05, 0) is 24.6 Å². The molecule has 0 bridgehead atoms.